The first kappa shape index (κ1) is 16.5. The second-order valence-corrected chi connectivity index (χ2v) is 6.48. The molecule has 1 fully saturated rings. The zero-order valence-electron chi connectivity index (χ0n) is 14.5. The molecule has 1 atom stereocenters. The molecule has 26 heavy (non-hydrogen) atoms. The van der Waals surface area contributed by atoms with Gasteiger partial charge in [-0.3, -0.25) is 4.79 Å². The Hall–Kier alpha value is -2.96. The monoisotopic (exact) mass is 355 g/mol. The third-order valence-corrected chi connectivity index (χ3v) is 4.80. The summed E-state index contributed by atoms with van der Waals surface area (Å²) in [6, 6.07) is 7.42. The molecule has 3 heterocycles. The van der Waals surface area contributed by atoms with E-state index >= 15 is 0 Å². The smallest absolute Gasteiger partial charge is 0.293 e. The first-order valence-electron chi connectivity index (χ1n) is 8.51. The van der Waals surface area contributed by atoms with Gasteiger partial charge in [-0.15, -0.1) is 0 Å². The number of hydrogen-bond donors (Lipinski definition) is 0. The Kier molecular flexibility index (Phi) is 4.06. The van der Waals surface area contributed by atoms with E-state index in [9.17, 15) is 9.18 Å². The number of carbonyl (C=O) groups is 1. The minimum atomic E-state index is -0.326. The van der Waals surface area contributed by atoms with Gasteiger partial charge < -0.3 is 13.9 Å². The first-order valence-corrected chi connectivity index (χ1v) is 8.51. The number of aromatic nitrogens is 2. The van der Waals surface area contributed by atoms with Gasteiger partial charge >= 0.3 is 0 Å². The molecular formula is C19H18FN3O3. The lowest BCUT2D eigenvalue weighted by Gasteiger charge is -2.23. The molecule has 1 aromatic carbocycles. The van der Waals surface area contributed by atoms with Crippen molar-refractivity contribution in [3.05, 3.63) is 58.9 Å². The molecule has 4 rings (SSSR count). The van der Waals surface area contributed by atoms with E-state index in [4.69, 9.17) is 9.05 Å². The highest BCUT2D eigenvalue weighted by Crippen LogP contribution is 2.36. The summed E-state index contributed by atoms with van der Waals surface area (Å²) >= 11 is 0. The van der Waals surface area contributed by atoms with Crippen LogP contribution >= 0.6 is 0 Å². The van der Waals surface area contributed by atoms with Crippen LogP contribution in [0.15, 0.2) is 39.4 Å². The van der Waals surface area contributed by atoms with Crippen molar-refractivity contribution in [1.29, 1.82) is 0 Å². The van der Waals surface area contributed by atoms with Crippen molar-refractivity contribution >= 4 is 5.91 Å². The van der Waals surface area contributed by atoms with Gasteiger partial charge in [0.15, 0.2) is 0 Å². The number of hydrogen-bond acceptors (Lipinski definition) is 5. The molecule has 3 aromatic rings. The van der Waals surface area contributed by atoms with Crippen LogP contribution in [-0.2, 0) is 0 Å². The zero-order valence-corrected chi connectivity index (χ0v) is 14.5. The Morgan fingerprint density at radius 3 is 2.65 bits per heavy atom. The van der Waals surface area contributed by atoms with Gasteiger partial charge in [0.05, 0.1) is 11.7 Å². The molecule has 1 aliphatic heterocycles. The van der Waals surface area contributed by atoms with Gasteiger partial charge in [-0.25, -0.2) is 4.39 Å². The van der Waals surface area contributed by atoms with Gasteiger partial charge in [0.1, 0.15) is 17.3 Å². The maximum Gasteiger partial charge on any atom is 0.293 e. The fraction of sp³-hybridized carbons (Fsp3) is 0.316. The number of amides is 1. The molecule has 0 radical (unpaired) electrons. The Labute approximate surface area is 149 Å². The number of halogens is 1. The van der Waals surface area contributed by atoms with Crippen molar-refractivity contribution in [2.45, 2.75) is 32.7 Å². The SMILES string of the molecule is Cc1noc(C)c1[C@H]1CCCN1C(=O)c1cc(-c2ccc(F)cc2)no1. The third-order valence-electron chi connectivity index (χ3n) is 4.80. The number of rotatable bonds is 3. The number of likely N-dealkylation sites (tertiary alicyclic amines) is 1. The predicted molar refractivity (Wildman–Crippen MR) is 90.9 cm³/mol. The molecule has 2 aromatic heterocycles. The van der Waals surface area contributed by atoms with Crippen LogP contribution in [0.5, 0.6) is 0 Å². The number of carbonyl (C=O) groups excluding carboxylic acids is 1. The Bertz CT molecular complexity index is 926. The summed E-state index contributed by atoms with van der Waals surface area (Å²) in [5, 5.41) is 7.95. The number of benzene rings is 1. The molecule has 0 N–H and O–H groups in total. The van der Waals surface area contributed by atoms with Gasteiger partial charge in [0, 0.05) is 23.7 Å². The second kappa shape index (κ2) is 6.40. The van der Waals surface area contributed by atoms with E-state index in [1.807, 2.05) is 13.8 Å². The molecule has 0 spiro atoms. The van der Waals surface area contributed by atoms with Crippen molar-refractivity contribution in [1.82, 2.24) is 15.2 Å². The molecule has 1 saturated heterocycles. The third kappa shape index (κ3) is 2.79. The van der Waals surface area contributed by atoms with Crippen molar-refractivity contribution in [2.75, 3.05) is 6.54 Å². The lowest BCUT2D eigenvalue weighted by molar-refractivity contribution is 0.0692. The lowest BCUT2D eigenvalue weighted by atomic mass is 10.0. The average molecular weight is 355 g/mol. The fourth-order valence-electron chi connectivity index (χ4n) is 3.55. The maximum absolute atomic E-state index is 13.1. The lowest BCUT2D eigenvalue weighted by Crippen LogP contribution is -2.30. The van der Waals surface area contributed by atoms with Crippen LogP contribution in [0.25, 0.3) is 11.3 Å². The van der Waals surface area contributed by atoms with Crippen LogP contribution in [-0.4, -0.2) is 27.7 Å². The summed E-state index contributed by atoms with van der Waals surface area (Å²) in [7, 11) is 0. The Morgan fingerprint density at radius 2 is 1.96 bits per heavy atom. The molecule has 0 unspecified atom stereocenters. The normalized spacial score (nSPS) is 17.0. The van der Waals surface area contributed by atoms with Crippen molar-refractivity contribution in [2.24, 2.45) is 0 Å². The van der Waals surface area contributed by atoms with Crippen LogP contribution in [0.3, 0.4) is 0 Å². The Morgan fingerprint density at radius 1 is 1.19 bits per heavy atom. The van der Waals surface area contributed by atoms with E-state index in [1.165, 1.54) is 12.1 Å². The van der Waals surface area contributed by atoms with Gasteiger partial charge in [-0.05, 0) is 51.0 Å². The molecule has 6 nitrogen and oxygen atoms in total. The summed E-state index contributed by atoms with van der Waals surface area (Å²) < 4.78 is 23.6. The van der Waals surface area contributed by atoms with E-state index in [1.54, 1.807) is 23.1 Å². The quantitative estimate of drug-likeness (QED) is 0.708. The van der Waals surface area contributed by atoms with E-state index < -0.39 is 0 Å². The molecule has 7 heteroatoms. The summed E-state index contributed by atoms with van der Waals surface area (Å²) in [6.45, 7) is 4.38. The summed E-state index contributed by atoms with van der Waals surface area (Å²) in [5.74, 6) is 0.362. The van der Waals surface area contributed by atoms with Gasteiger partial charge in [-0.1, -0.05) is 10.3 Å². The minimum absolute atomic E-state index is 0.0758. The van der Waals surface area contributed by atoms with Crippen molar-refractivity contribution in [3.8, 4) is 11.3 Å². The summed E-state index contributed by atoms with van der Waals surface area (Å²) in [6.07, 6.45) is 1.76. The highest BCUT2D eigenvalue weighted by molar-refractivity contribution is 5.93. The molecule has 0 aliphatic carbocycles. The predicted octanol–water partition coefficient (Wildman–Crippen LogP) is 4.06. The zero-order chi connectivity index (χ0) is 18.3. The molecular weight excluding hydrogens is 337 g/mol. The molecule has 1 aliphatic rings. The largest absolute Gasteiger partial charge is 0.361 e. The fourth-order valence-corrected chi connectivity index (χ4v) is 3.55. The summed E-state index contributed by atoms with van der Waals surface area (Å²) in [5.41, 5.74) is 2.96. The Balaban J connectivity index is 1.60. The first-order chi connectivity index (χ1) is 12.5. The molecule has 134 valence electrons. The molecule has 0 saturated carbocycles. The molecule has 1 amide bonds. The van der Waals surface area contributed by atoms with Gasteiger partial charge in [0.25, 0.3) is 5.91 Å². The van der Waals surface area contributed by atoms with E-state index in [0.717, 1.165) is 29.9 Å². The van der Waals surface area contributed by atoms with Crippen LogP contribution in [0.1, 0.15) is 46.5 Å². The maximum atomic E-state index is 13.1. The van der Waals surface area contributed by atoms with Crippen LogP contribution < -0.4 is 0 Å². The molecule has 0 bridgehead atoms. The van der Waals surface area contributed by atoms with Gasteiger partial charge in [0.2, 0.25) is 5.76 Å². The summed E-state index contributed by atoms with van der Waals surface area (Å²) in [4.78, 5) is 14.7. The van der Waals surface area contributed by atoms with Crippen LogP contribution in [0.2, 0.25) is 0 Å². The van der Waals surface area contributed by atoms with Crippen LogP contribution in [0, 0.1) is 19.7 Å². The second-order valence-electron chi connectivity index (χ2n) is 6.48. The van der Waals surface area contributed by atoms with Gasteiger partial charge in [-0.2, -0.15) is 0 Å². The van der Waals surface area contributed by atoms with Crippen LogP contribution in [0.4, 0.5) is 4.39 Å². The van der Waals surface area contributed by atoms with Crippen molar-refractivity contribution in [3.63, 3.8) is 0 Å². The standard InChI is InChI=1S/C19H18FN3O3/c1-11-18(12(2)25-21-11)16-4-3-9-23(16)19(24)17-10-15(22-26-17)13-5-7-14(20)8-6-13/h5-8,10,16H,3-4,9H2,1-2H3/t16-/m1/s1. The van der Waals surface area contributed by atoms with E-state index in [0.29, 0.717) is 17.8 Å². The highest BCUT2D eigenvalue weighted by atomic mass is 19.1. The highest BCUT2D eigenvalue weighted by Gasteiger charge is 2.35. The average Bonchev–Trinajstić information content (AvgIpc) is 3.35. The van der Waals surface area contributed by atoms with E-state index in [-0.39, 0.29) is 23.5 Å². The minimum Gasteiger partial charge on any atom is -0.361 e. The number of nitrogens with zero attached hydrogens (tertiary/aromatic N) is 3. The number of aryl methyl sites for hydroxylation is 2. The van der Waals surface area contributed by atoms with E-state index in [2.05, 4.69) is 10.3 Å². The topological polar surface area (TPSA) is 72.4 Å². The van der Waals surface area contributed by atoms with Crippen molar-refractivity contribution < 1.29 is 18.2 Å².